The zero-order chi connectivity index (χ0) is 23.5. The average molecular weight is 480 g/mol. The van der Waals surface area contributed by atoms with Gasteiger partial charge in [-0.1, -0.05) is 24.3 Å². The minimum absolute atomic E-state index is 0.310. The first-order valence-electron chi connectivity index (χ1n) is 12.0. The van der Waals surface area contributed by atoms with Crippen LogP contribution in [0.2, 0.25) is 0 Å². The molecule has 6 nitrogen and oxygen atoms in total. The third-order valence-electron chi connectivity index (χ3n) is 6.69. The molecular formula is C28H25N5OS. The number of thiophene rings is 1. The third-order valence-corrected chi connectivity index (χ3v) is 7.82. The highest BCUT2D eigenvalue weighted by molar-refractivity contribution is 7.18. The van der Waals surface area contributed by atoms with E-state index in [1.54, 1.807) is 11.3 Å². The van der Waals surface area contributed by atoms with Crippen molar-refractivity contribution in [1.29, 1.82) is 0 Å². The van der Waals surface area contributed by atoms with Gasteiger partial charge in [0.1, 0.15) is 23.0 Å². The van der Waals surface area contributed by atoms with Crippen molar-refractivity contribution >= 4 is 44.9 Å². The second-order valence-corrected chi connectivity index (χ2v) is 10.5. The fourth-order valence-corrected chi connectivity index (χ4v) is 5.85. The molecule has 2 unspecified atom stereocenters. The summed E-state index contributed by atoms with van der Waals surface area (Å²) >= 11 is 1.75. The summed E-state index contributed by atoms with van der Waals surface area (Å²) in [7, 11) is 0. The van der Waals surface area contributed by atoms with Crippen LogP contribution in [0.15, 0.2) is 75.2 Å². The Hall–Kier alpha value is -3.84. The second-order valence-electron chi connectivity index (χ2n) is 9.41. The summed E-state index contributed by atoms with van der Waals surface area (Å²) in [6, 6.07) is 19.9. The van der Waals surface area contributed by atoms with E-state index in [2.05, 4.69) is 100 Å². The molecule has 0 aliphatic carbocycles. The van der Waals surface area contributed by atoms with Crippen LogP contribution in [0.4, 0.5) is 0 Å². The smallest absolute Gasteiger partial charge is 0.145 e. The highest BCUT2D eigenvalue weighted by Crippen LogP contribution is 2.39. The van der Waals surface area contributed by atoms with Gasteiger partial charge in [-0.2, -0.15) is 0 Å². The molecule has 2 atom stereocenters. The lowest BCUT2D eigenvalue weighted by Gasteiger charge is -2.03. The topological polar surface area (TPSA) is 77.7 Å². The van der Waals surface area contributed by atoms with Crippen molar-refractivity contribution in [2.75, 3.05) is 13.1 Å². The Morgan fingerprint density at radius 1 is 0.829 bits per heavy atom. The molecule has 3 N–H and O–H groups in total. The van der Waals surface area contributed by atoms with Crippen molar-refractivity contribution in [2.24, 2.45) is 9.98 Å². The van der Waals surface area contributed by atoms with E-state index in [4.69, 9.17) is 4.42 Å². The number of aromatic amines is 1. The van der Waals surface area contributed by atoms with Gasteiger partial charge < -0.3 is 20.0 Å². The monoisotopic (exact) mass is 479 g/mol. The zero-order valence-corrected chi connectivity index (χ0v) is 20.4. The van der Waals surface area contributed by atoms with E-state index < -0.39 is 0 Å². The summed E-state index contributed by atoms with van der Waals surface area (Å²) in [5, 5.41) is 9.08. The number of hydrogen-bond acceptors (Lipinski definition) is 6. The van der Waals surface area contributed by atoms with E-state index in [0.717, 1.165) is 63.0 Å². The summed E-state index contributed by atoms with van der Waals surface area (Å²) in [5.74, 6) is 2.82. The average Bonchev–Trinajstić information content (AvgIpc) is 3.67. The van der Waals surface area contributed by atoms with Gasteiger partial charge in [0.05, 0.1) is 17.0 Å². The van der Waals surface area contributed by atoms with Gasteiger partial charge >= 0.3 is 0 Å². The maximum absolute atomic E-state index is 6.28. The van der Waals surface area contributed by atoms with Crippen LogP contribution in [-0.4, -0.2) is 41.8 Å². The summed E-state index contributed by atoms with van der Waals surface area (Å²) in [4.78, 5) is 15.1. The molecular weight excluding hydrogens is 454 g/mol. The van der Waals surface area contributed by atoms with Gasteiger partial charge in [0.2, 0.25) is 0 Å². The van der Waals surface area contributed by atoms with E-state index in [-0.39, 0.29) is 0 Å². The largest absolute Gasteiger partial charge is 0.455 e. The maximum atomic E-state index is 6.28. The lowest BCUT2D eigenvalue weighted by Crippen LogP contribution is -2.20. The van der Waals surface area contributed by atoms with Gasteiger partial charge in [-0.25, -0.2) is 0 Å². The van der Waals surface area contributed by atoms with E-state index in [9.17, 15) is 0 Å². The van der Waals surface area contributed by atoms with E-state index in [0.29, 0.717) is 12.1 Å². The fraction of sp³-hybridized carbons (Fsp3) is 0.214. The van der Waals surface area contributed by atoms with Crippen LogP contribution in [0.5, 0.6) is 0 Å². The molecule has 5 aromatic rings. The highest BCUT2D eigenvalue weighted by atomic mass is 32.1. The molecule has 3 aromatic heterocycles. The molecule has 0 saturated carbocycles. The summed E-state index contributed by atoms with van der Waals surface area (Å²) in [5.41, 5.74) is 5.40. The lowest BCUT2D eigenvalue weighted by molar-refractivity contribution is 0.633. The molecule has 0 spiro atoms. The van der Waals surface area contributed by atoms with E-state index in [1.165, 1.54) is 15.8 Å². The SMILES string of the molecule is CC1CNC(c2ccc3c(-c4ccc(-c5cc6ccc(C7=NC(C)CN7)cc6o5)s4)c[nH]c3c2)=N1. The van der Waals surface area contributed by atoms with Gasteiger partial charge in [0, 0.05) is 57.1 Å². The standard InChI is InChI=1S/C28H25N5OS/c1-15-12-30-27(32-15)18-5-6-20-21(14-29-22(20)9-18)25-7-8-26(35-25)24-10-17-3-4-19(11-23(17)34-24)28-31-13-16(2)33-28/h3-11,14-16,29H,12-13H2,1-2H3,(H,30,32)(H,31,33). The first-order valence-corrected chi connectivity index (χ1v) is 12.8. The molecule has 0 fully saturated rings. The van der Waals surface area contributed by atoms with Crippen LogP contribution in [0.25, 0.3) is 43.0 Å². The number of fused-ring (bicyclic) bond motifs is 2. The highest BCUT2D eigenvalue weighted by Gasteiger charge is 2.18. The molecule has 7 heteroatoms. The number of benzene rings is 2. The number of nitrogens with one attached hydrogen (secondary N) is 3. The van der Waals surface area contributed by atoms with Crippen molar-refractivity contribution in [1.82, 2.24) is 15.6 Å². The Labute approximate surface area is 206 Å². The van der Waals surface area contributed by atoms with E-state index >= 15 is 0 Å². The Kier molecular flexibility index (Phi) is 4.60. The molecule has 174 valence electrons. The van der Waals surface area contributed by atoms with Gasteiger partial charge in [-0.3, -0.25) is 9.98 Å². The first kappa shape index (κ1) is 20.5. The van der Waals surface area contributed by atoms with Crippen LogP contribution < -0.4 is 10.6 Å². The summed E-state index contributed by atoms with van der Waals surface area (Å²) < 4.78 is 6.28. The second kappa shape index (κ2) is 7.85. The predicted octanol–water partition coefficient (Wildman–Crippen LogP) is 5.79. The predicted molar refractivity (Wildman–Crippen MR) is 145 cm³/mol. The molecule has 0 saturated heterocycles. The molecule has 0 bridgehead atoms. The summed E-state index contributed by atoms with van der Waals surface area (Å²) in [6.45, 7) is 6.03. The van der Waals surface area contributed by atoms with Gasteiger partial charge in [-0.15, -0.1) is 11.3 Å². The van der Waals surface area contributed by atoms with Gasteiger partial charge in [0.15, 0.2) is 0 Å². The number of aromatic nitrogens is 1. The van der Waals surface area contributed by atoms with Crippen molar-refractivity contribution in [3.8, 4) is 21.1 Å². The van der Waals surface area contributed by atoms with E-state index in [1.807, 2.05) is 0 Å². The zero-order valence-electron chi connectivity index (χ0n) is 19.6. The molecule has 2 aliphatic rings. The number of amidine groups is 2. The van der Waals surface area contributed by atoms with Crippen LogP contribution >= 0.6 is 11.3 Å². The minimum Gasteiger partial charge on any atom is -0.455 e. The number of rotatable bonds is 4. The Morgan fingerprint density at radius 3 is 2.29 bits per heavy atom. The number of nitrogens with zero attached hydrogens (tertiary/aromatic N) is 2. The molecule has 5 heterocycles. The third kappa shape index (κ3) is 3.54. The quantitative estimate of drug-likeness (QED) is 0.305. The molecule has 7 rings (SSSR count). The van der Waals surface area contributed by atoms with Crippen molar-refractivity contribution in [3.05, 3.63) is 71.9 Å². The molecule has 0 radical (unpaired) electrons. The van der Waals surface area contributed by atoms with Crippen molar-refractivity contribution in [2.45, 2.75) is 25.9 Å². The summed E-state index contributed by atoms with van der Waals surface area (Å²) in [6.07, 6.45) is 2.10. The van der Waals surface area contributed by atoms with Crippen LogP contribution in [0.1, 0.15) is 25.0 Å². The van der Waals surface area contributed by atoms with Gasteiger partial charge in [-0.05, 0) is 44.2 Å². The molecule has 2 aromatic carbocycles. The molecule has 0 amide bonds. The normalized spacial score (nSPS) is 19.7. The van der Waals surface area contributed by atoms with Gasteiger partial charge in [0.25, 0.3) is 0 Å². The number of hydrogen-bond donors (Lipinski definition) is 3. The maximum Gasteiger partial charge on any atom is 0.145 e. The number of furan rings is 1. The Bertz CT molecular complexity index is 1650. The van der Waals surface area contributed by atoms with Crippen molar-refractivity contribution in [3.63, 3.8) is 0 Å². The lowest BCUT2D eigenvalue weighted by atomic mass is 10.1. The first-order chi connectivity index (χ1) is 17.1. The number of H-pyrrole nitrogens is 1. The van der Waals surface area contributed by atoms with Crippen molar-refractivity contribution < 1.29 is 4.42 Å². The Balaban J connectivity index is 1.20. The number of aliphatic imine (C=N–C) groups is 2. The van der Waals surface area contributed by atoms with Crippen LogP contribution in [0.3, 0.4) is 0 Å². The molecule has 35 heavy (non-hydrogen) atoms. The fourth-order valence-electron chi connectivity index (χ4n) is 4.86. The minimum atomic E-state index is 0.310. The molecule has 2 aliphatic heterocycles. The Morgan fingerprint density at radius 2 is 1.54 bits per heavy atom. The van der Waals surface area contributed by atoms with Crippen LogP contribution in [-0.2, 0) is 0 Å². The van der Waals surface area contributed by atoms with Crippen LogP contribution in [0, 0.1) is 0 Å².